The summed E-state index contributed by atoms with van der Waals surface area (Å²) in [7, 11) is 0. The molecule has 4 aromatic carbocycles. The number of fused-ring (bicyclic) bond motifs is 1. The van der Waals surface area contributed by atoms with E-state index in [1.807, 2.05) is 48.2 Å². The highest BCUT2D eigenvalue weighted by Crippen LogP contribution is 2.30. The van der Waals surface area contributed by atoms with E-state index in [2.05, 4.69) is 76.6 Å². The summed E-state index contributed by atoms with van der Waals surface area (Å²) in [5.74, 6) is 0.783. The molecule has 0 N–H and O–H groups in total. The number of nitrogens with zero attached hydrogens (tertiary/aromatic N) is 3. The Balaban J connectivity index is 1.11. The van der Waals surface area contributed by atoms with Crippen molar-refractivity contribution in [2.75, 3.05) is 26.2 Å². The maximum atomic E-state index is 13.5. The summed E-state index contributed by atoms with van der Waals surface area (Å²) in [6.07, 6.45) is 0. The highest BCUT2D eigenvalue weighted by molar-refractivity contribution is 7.98. The molecule has 0 radical (unpaired) electrons. The van der Waals surface area contributed by atoms with Crippen molar-refractivity contribution >= 4 is 28.8 Å². The first-order valence-corrected chi connectivity index (χ1v) is 14.3. The molecule has 0 saturated carbocycles. The van der Waals surface area contributed by atoms with E-state index in [0.717, 1.165) is 40.9 Å². The number of aryl methyl sites for hydroxylation is 1. The minimum atomic E-state index is 0.0924. The van der Waals surface area contributed by atoms with Crippen molar-refractivity contribution in [3.8, 4) is 0 Å². The lowest BCUT2D eigenvalue weighted by Crippen LogP contribution is -2.49. The van der Waals surface area contributed by atoms with Gasteiger partial charge in [-0.2, -0.15) is 0 Å². The zero-order chi connectivity index (χ0) is 26.6. The number of hydrogen-bond acceptors (Lipinski definition) is 5. The third kappa shape index (κ3) is 5.77. The molecule has 0 aliphatic carbocycles. The van der Waals surface area contributed by atoms with Crippen molar-refractivity contribution in [1.29, 1.82) is 0 Å². The lowest BCUT2D eigenvalue weighted by Gasteiger charge is -2.39. The first kappa shape index (κ1) is 25.4. The van der Waals surface area contributed by atoms with Crippen LogP contribution in [0.25, 0.3) is 11.1 Å². The van der Waals surface area contributed by atoms with Crippen LogP contribution in [0.1, 0.15) is 38.7 Å². The SMILES string of the molecule is Cc1ccc2oc(SCc3cccc(C(=O)N4CCN(C(c5ccccc5)c5ccccc5)CC4)c3)nc2c1. The second-order valence-corrected chi connectivity index (χ2v) is 10.9. The summed E-state index contributed by atoms with van der Waals surface area (Å²) in [5, 5.41) is 0.648. The fourth-order valence-corrected chi connectivity index (χ4v) is 6.05. The summed E-state index contributed by atoms with van der Waals surface area (Å²) in [4.78, 5) is 22.5. The van der Waals surface area contributed by atoms with Crippen molar-refractivity contribution in [3.05, 3.63) is 131 Å². The van der Waals surface area contributed by atoms with Crippen molar-refractivity contribution < 1.29 is 9.21 Å². The Morgan fingerprint density at radius 3 is 2.23 bits per heavy atom. The fourth-order valence-electron chi connectivity index (χ4n) is 5.27. The molecule has 0 unspecified atom stereocenters. The lowest BCUT2D eigenvalue weighted by molar-refractivity contribution is 0.0597. The molecule has 0 atom stereocenters. The van der Waals surface area contributed by atoms with E-state index in [4.69, 9.17) is 4.42 Å². The van der Waals surface area contributed by atoms with Crippen molar-refractivity contribution in [2.45, 2.75) is 23.9 Å². The molecule has 5 aromatic rings. The molecule has 1 saturated heterocycles. The van der Waals surface area contributed by atoms with Gasteiger partial charge in [0.2, 0.25) is 0 Å². The number of hydrogen-bond donors (Lipinski definition) is 0. The Bertz CT molecular complexity index is 1520. The number of amides is 1. The van der Waals surface area contributed by atoms with Crippen LogP contribution in [0.2, 0.25) is 0 Å². The van der Waals surface area contributed by atoms with Gasteiger partial charge in [-0.25, -0.2) is 4.98 Å². The molecule has 6 rings (SSSR count). The van der Waals surface area contributed by atoms with E-state index in [0.29, 0.717) is 24.1 Å². The van der Waals surface area contributed by atoms with Gasteiger partial charge in [0, 0.05) is 37.5 Å². The highest BCUT2D eigenvalue weighted by Gasteiger charge is 2.28. The van der Waals surface area contributed by atoms with Crippen LogP contribution < -0.4 is 0 Å². The third-order valence-electron chi connectivity index (χ3n) is 7.26. The summed E-state index contributed by atoms with van der Waals surface area (Å²) in [5.41, 5.74) is 7.21. The molecule has 6 heteroatoms. The molecule has 5 nitrogen and oxygen atoms in total. The predicted molar refractivity (Wildman–Crippen MR) is 157 cm³/mol. The monoisotopic (exact) mass is 533 g/mol. The van der Waals surface area contributed by atoms with Gasteiger partial charge in [0.25, 0.3) is 11.1 Å². The van der Waals surface area contributed by atoms with Gasteiger partial charge in [-0.05, 0) is 53.4 Å². The van der Waals surface area contributed by atoms with Crippen molar-refractivity contribution in [3.63, 3.8) is 0 Å². The van der Waals surface area contributed by atoms with E-state index in [9.17, 15) is 4.79 Å². The quantitative estimate of drug-likeness (QED) is 0.211. The van der Waals surface area contributed by atoms with Crippen LogP contribution in [0.15, 0.2) is 113 Å². The molecule has 1 aliphatic rings. The van der Waals surface area contributed by atoms with Gasteiger partial charge in [-0.15, -0.1) is 0 Å². The largest absolute Gasteiger partial charge is 0.431 e. The highest BCUT2D eigenvalue weighted by atomic mass is 32.2. The maximum absolute atomic E-state index is 13.5. The van der Waals surface area contributed by atoms with E-state index >= 15 is 0 Å². The van der Waals surface area contributed by atoms with Gasteiger partial charge >= 0.3 is 0 Å². The lowest BCUT2D eigenvalue weighted by atomic mass is 9.96. The summed E-state index contributed by atoms with van der Waals surface area (Å²) >= 11 is 1.55. The number of aromatic nitrogens is 1. The first-order chi connectivity index (χ1) is 19.1. The Labute approximate surface area is 233 Å². The average Bonchev–Trinajstić information content (AvgIpc) is 3.40. The minimum absolute atomic E-state index is 0.0924. The van der Waals surface area contributed by atoms with E-state index in [1.54, 1.807) is 11.8 Å². The molecule has 1 amide bonds. The zero-order valence-corrected chi connectivity index (χ0v) is 22.8. The van der Waals surface area contributed by atoms with E-state index in [-0.39, 0.29) is 11.9 Å². The summed E-state index contributed by atoms with van der Waals surface area (Å²) < 4.78 is 5.88. The number of carbonyl (C=O) groups excluding carboxylic acids is 1. The Morgan fingerprint density at radius 2 is 1.54 bits per heavy atom. The zero-order valence-electron chi connectivity index (χ0n) is 22.0. The maximum Gasteiger partial charge on any atom is 0.257 e. The van der Waals surface area contributed by atoms with Crippen LogP contribution in [-0.2, 0) is 5.75 Å². The number of carbonyl (C=O) groups is 1. The van der Waals surface area contributed by atoms with Crippen molar-refractivity contribution in [2.24, 2.45) is 0 Å². The van der Waals surface area contributed by atoms with Crippen LogP contribution in [0, 0.1) is 6.92 Å². The van der Waals surface area contributed by atoms with Gasteiger partial charge in [0.15, 0.2) is 5.58 Å². The van der Waals surface area contributed by atoms with Crippen LogP contribution in [0.5, 0.6) is 0 Å². The van der Waals surface area contributed by atoms with Gasteiger partial charge < -0.3 is 9.32 Å². The summed E-state index contributed by atoms with van der Waals surface area (Å²) in [6, 6.07) is 35.4. The molecule has 39 heavy (non-hydrogen) atoms. The Morgan fingerprint density at radius 1 is 0.846 bits per heavy atom. The van der Waals surface area contributed by atoms with Gasteiger partial charge in [-0.1, -0.05) is 90.6 Å². The van der Waals surface area contributed by atoms with Gasteiger partial charge in [-0.3, -0.25) is 9.69 Å². The number of piperazine rings is 1. The molecule has 0 spiro atoms. The minimum Gasteiger partial charge on any atom is -0.431 e. The molecule has 1 aromatic heterocycles. The Kier molecular flexibility index (Phi) is 7.48. The Hall–Kier alpha value is -3.87. The van der Waals surface area contributed by atoms with Crippen LogP contribution in [0.3, 0.4) is 0 Å². The molecule has 196 valence electrons. The number of oxazole rings is 1. The smallest absolute Gasteiger partial charge is 0.257 e. The van der Waals surface area contributed by atoms with Crippen LogP contribution in [-0.4, -0.2) is 46.9 Å². The van der Waals surface area contributed by atoms with Crippen LogP contribution in [0.4, 0.5) is 0 Å². The standard InChI is InChI=1S/C33H31N3O2S/c1-24-15-16-30-29(21-24)34-33(38-30)39-23-25-9-8-14-28(22-25)32(37)36-19-17-35(18-20-36)31(26-10-4-2-5-11-26)27-12-6-3-7-13-27/h2-16,21-22,31H,17-20,23H2,1H3. The second kappa shape index (κ2) is 11.5. The third-order valence-corrected chi connectivity index (χ3v) is 8.16. The summed E-state index contributed by atoms with van der Waals surface area (Å²) in [6.45, 7) is 5.11. The normalized spacial score (nSPS) is 14.3. The molecular formula is C33H31N3O2S. The van der Waals surface area contributed by atoms with Gasteiger partial charge in [0.05, 0.1) is 6.04 Å². The fraction of sp³-hybridized carbons (Fsp3) is 0.212. The topological polar surface area (TPSA) is 49.6 Å². The molecule has 1 aliphatic heterocycles. The molecule has 1 fully saturated rings. The van der Waals surface area contributed by atoms with Crippen LogP contribution >= 0.6 is 11.8 Å². The predicted octanol–water partition coefficient (Wildman–Crippen LogP) is 6.98. The molecule has 0 bridgehead atoms. The number of benzene rings is 4. The number of thioether (sulfide) groups is 1. The van der Waals surface area contributed by atoms with E-state index in [1.165, 1.54) is 11.1 Å². The average molecular weight is 534 g/mol. The van der Waals surface area contributed by atoms with E-state index < -0.39 is 0 Å². The number of rotatable bonds is 7. The van der Waals surface area contributed by atoms with Crippen molar-refractivity contribution in [1.82, 2.24) is 14.8 Å². The van der Waals surface area contributed by atoms with Gasteiger partial charge in [0.1, 0.15) is 5.52 Å². The second-order valence-electron chi connectivity index (χ2n) is 9.99. The first-order valence-electron chi connectivity index (χ1n) is 13.4. The molecule has 2 heterocycles. The molecular weight excluding hydrogens is 502 g/mol.